The fourth-order valence-corrected chi connectivity index (χ4v) is 3.11. The molecule has 1 aliphatic rings. The number of carbonyl (C=O) groups is 1. The van der Waals surface area contributed by atoms with Gasteiger partial charge in [0.05, 0.1) is 18.8 Å². The molecule has 0 unspecified atom stereocenters. The highest BCUT2D eigenvalue weighted by Gasteiger charge is 2.23. The Morgan fingerprint density at radius 2 is 2.08 bits per heavy atom. The van der Waals surface area contributed by atoms with Crippen molar-refractivity contribution in [1.29, 1.82) is 0 Å². The molecule has 2 aromatic heterocycles. The minimum atomic E-state index is -0.0951. The van der Waals surface area contributed by atoms with Crippen LogP contribution in [-0.4, -0.2) is 32.3 Å². The van der Waals surface area contributed by atoms with Gasteiger partial charge in [0.25, 0.3) is 0 Å². The van der Waals surface area contributed by atoms with Crippen molar-refractivity contribution >= 4 is 11.9 Å². The molecule has 3 aromatic rings. The van der Waals surface area contributed by atoms with E-state index in [2.05, 4.69) is 20.4 Å². The van der Waals surface area contributed by atoms with Gasteiger partial charge in [-0.25, -0.2) is 9.67 Å². The predicted molar refractivity (Wildman–Crippen MR) is 95.9 cm³/mol. The molecule has 0 radical (unpaired) electrons. The van der Waals surface area contributed by atoms with E-state index in [1.807, 2.05) is 42.5 Å². The second-order valence-electron chi connectivity index (χ2n) is 6.21. The molecule has 1 atom stereocenters. The fourth-order valence-electron chi connectivity index (χ4n) is 3.11. The van der Waals surface area contributed by atoms with E-state index in [1.54, 1.807) is 17.2 Å². The number of aromatic nitrogens is 4. The summed E-state index contributed by atoms with van der Waals surface area (Å²) in [5.74, 6) is 1.23. The summed E-state index contributed by atoms with van der Waals surface area (Å²) in [6.07, 6.45) is 4.54. The van der Waals surface area contributed by atoms with E-state index in [1.165, 1.54) is 0 Å². The molecule has 1 amide bonds. The van der Waals surface area contributed by atoms with Crippen LogP contribution in [0.4, 0.5) is 5.95 Å². The molecule has 4 rings (SSSR count). The van der Waals surface area contributed by atoms with Crippen molar-refractivity contribution in [3.63, 3.8) is 0 Å². The van der Waals surface area contributed by atoms with Crippen molar-refractivity contribution in [2.75, 3.05) is 11.9 Å². The van der Waals surface area contributed by atoms with Gasteiger partial charge in [-0.3, -0.25) is 15.1 Å². The third kappa shape index (κ3) is 3.72. The number of ether oxygens (including phenoxy) is 1. The maximum atomic E-state index is 12.4. The van der Waals surface area contributed by atoms with Crippen molar-refractivity contribution in [3.8, 4) is 5.75 Å². The minimum absolute atomic E-state index is 0.0951. The maximum absolute atomic E-state index is 12.4. The van der Waals surface area contributed by atoms with Crippen LogP contribution >= 0.6 is 0 Å². The molecule has 132 valence electrons. The first-order valence-corrected chi connectivity index (χ1v) is 8.59. The summed E-state index contributed by atoms with van der Waals surface area (Å²) in [7, 11) is 0. The topological polar surface area (TPSA) is 81.9 Å². The SMILES string of the molecule is O=C(C[C@H]1CCOc2ccccc21)Nc1ncn(Cc2ccccn2)n1. The summed E-state index contributed by atoms with van der Waals surface area (Å²) in [6, 6.07) is 13.6. The number of amides is 1. The number of rotatable bonds is 5. The number of nitrogens with zero attached hydrogens (tertiary/aromatic N) is 4. The smallest absolute Gasteiger partial charge is 0.248 e. The molecule has 1 aromatic carbocycles. The van der Waals surface area contributed by atoms with Crippen molar-refractivity contribution in [3.05, 3.63) is 66.2 Å². The second-order valence-corrected chi connectivity index (χ2v) is 6.21. The van der Waals surface area contributed by atoms with E-state index >= 15 is 0 Å². The summed E-state index contributed by atoms with van der Waals surface area (Å²) in [6.45, 7) is 1.14. The standard InChI is InChI=1S/C19H19N5O2/c25-18(11-14-8-10-26-17-7-2-1-6-16(14)17)22-19-21-13-24(23-19)12-15-5-3-4-9-20-15/h1-7,9,13-14H,8,10-12H2,(H,22,23,25)/t14-/m1/s1. The molecule has 7 heteroatoms. The lowest BCUT2D eigenvalue weighted by Gasteiger charge is -2.25. The lowest BCUT2D eigenvalue weighted by Crippen LogP contribution is -2.21. The Morgan fingerprint density at radius 1 is 1.19 bits per heavy atom. The van der Waals surface area contributed by atoms with Crippen LogP contribution in [0, 0.1) is 0 Å². The highest BCUT2D eigenvalue weighted by molar-refractivity contribution is 5.89. The number of para-hydroxylation sites is 1. The number of hydrogen-bond donors (Lipinski definition) is 1. The largest absolute Gasteiger partial charge is 0.493 e. The van der Waals surface area contributed by atoms with Gasteiger partial charge in [-0.05, 0) is 36.1 Å². The van der Waals surface area contributed by atoms with Gasteiger partial charge in [0.2, 0.25) is 11.9 Å². The molecule has 0 saturated heterocycles. The second kappa shape index (κ2) is 7.35. The van der Waals surface area contributed by atoms with E-state index in [9.17, 15) is 4.79 Å². The van der Waals surface area contributed by atoms with E-state index in [0.717, 1.165) is 23.4 Å². The number of hydrogen-bond acceptors (Lipinski definition) is 5. The third-order valence-electron chi connectivity index (χ3n) is 4.35. The van der Waals surface area contributed by atoms with Crippen LogP contribution in [0.15, 0.2) is 55.0 Å². The van der Waals surface area contributed by atoms with Gasteiger partial charge in [-0.2, -0.15) is 0 Å². The molecule has 7 nitrogen and oxygen atoms in total. The van der Waals surface area contributed by atoms with Crippen LogP contribution in [0.1, 0.15) is 30.0 Å². The highest BCUT2D eigenvalue weighted by Crippen LogP contribution is 2.35. The van der Waals surface area contributed by atoms with E-state index < -0.39 is 0 Å². The van der Waals surface area contributed by atoms with Crippen LogP contribution in [0.5, 0.6) is 5.75 Å². The number of anilines is 1. The molecule has 0 fully saturated rings. The van der Waals surface area contributed by atoms with E-state index in [4.69, 9.17) is 4.74 Å². The van der Waals surface area contributed by atoms with Gasteiger partial charge in [-0.15, -0.1) is 5.10 Å². The number of carbonyl (C=O) groups excluding carboxylic acids is 1. The van der Waals surface area contributed by atoms with Crippen molar-refractivity contribution in [1.82, 2.24) is 19.7 Å². The van der Waals surface area contributed by atoms with Gasteiger partial charge in [0.1, 0.15) is 12.1 Å². The summed E-state index contributed by atoms with van der Waals surface area (Å²) in [5, 5.41) is 7.07. The molecule has 1 aliphatic heterocycles. The van der Waals surface area contributed by atoms with Crippen molar-refractivity contribution in [2.45, 2.75) is 25.3 Å². The average Bonchev–Trinajstić information content (AvgIpc) is 3.09. The maximum Gasteiger partial charge on any atom is 0.248 e. The quantitative estimate of drug-likeness (QED) is 0.766. The summed E-state index contributed by atoms with van der Waals surface area (Å²) >= 11 is 0. The fraction of sp³-hybridized carbons (Fsp3) is 0.263. The van der Waals surface area contributed by atoms with Gasteiger partial charge in [0.15, 0.2) is 0 Å². The number of nitrogens with one attached hydrogen (secondary N) is 1. The van der Waals surface area contributed by atoms with E-state index in [0.29, 0.717) is 25.5 Å². The summed E-state index contributed by atoms with van der Waals surface area (Å²) in [4.78, 5) is 20.8. The molecule has 3 heterocycles. The Labute approximate surface area is 151 Å². The molecule has 0 aliphatic carbocycles. The first-order chi connectivity index (χ1) is 12.8. The molecule has 26 heavy (non-hydrogen) atoms. The zero-order chi connectivity index (χ0) is 17.8. The molecule has 0 spiro atoms. The Bertz CT molecular complexity index is 894. The monoisotopic (exact) mass is 349 g/mol. The van der Waals surface area contributed by atoms with Gasteiger partial charge < -0.3 is 4.74 Å². The number of pyridine rings is 1. The van der Waals surface area contributed by atoms with Crippen molar-refractivity contribution < 1.29 is 9.53 Å². The molecule has 0 bridgehead atoms. The minimum Gasteiger partial charge on any atom is -0.493 e. The Morgan fingerprint density at radius 3 is 2.96 bits per heavy atom. The summed E-state index contributed by atoms with van der Waals surface area (Å²) < 4.78 is 7.30. The van der Waals surface area contributed by atoms with Crippen LogP contribution in [0.3, 0.4) is 0 Å². The molecule has 1 N–H and O–H groups in total. The van der Waals surface area contributed by atoms with Crippen LogP contribution in [-0.2, 0) is 11.3 Å². The van der Waals surface area contributed by atoms with Gasteiger partial charge >= 0.3 is 0 Å². The number of benzene rings is 1. The first kappa shape index (κ1) is 16.3. The molecular weight excluding hydrogens is 330 g/mol. The predicted octanol–water partition coefficient (Wildman–Crippen LogP) is 2.62. The van der Waals surface area contributed by atoms with Crippen LogP contribution < -0.4 is 10.1 Å². The van der Waals surface area contributed by atoms with E-state index in [-0.39, 0.29) is 11.8 Å². The van der Waals surface area contributed by atoms with Crippen LogP contribution in [0.2, 0.25) is 0 Å². The molecular formula is C19H19N5O2. The lowest BCUT2D eigenvalue weighted by atomic mass is 9.90. The van der Waals surface area contributed by atoms with Gasteiger partial charge in [0, 0.05) is 12.6 Å². The zero-order valence-electron chi connectivity index (χ0n) is 14.2. The first-order valence-electron chi connectivity index (χ1n) is 8.59. The molecule has 0 saturated carbocycles. The Kier molecular flexibility index (Phi) is 4.59. The van der Waals surface area contributed by atoms with Gasteiger partial charge in [-0.1, -0.05) is 24.3 Å². The van der Waals surface area contributed by atoms with Crippen molar-refractivity contribution in [2.24, 2.45) is 0 Å². The zero-order valence-corrected chi connectivity index (χ0v) is 14.2. The third-order valence-corrected chi connectivity index (χ3v) is 4.35. The number of fused-ring (bicyclic) bond motifs is 1. The summed E-state index contributed by atoms with van der Waals surface area (Å²) in [5.41, 5.74) is 1.97. The highest BCUT2D eigenvalue weighted by atomic mass is 16.5. The Balaban J connectivity index is 1.37. The lowest BCUT2D eigenvalue weighted by molar-refractivity contribution is -0.116. The Hall–Kier alpha value is -3.22. The average molecular weight is 349 g/mol. The van der Waals surface area contributed by atoms with Crippen LogP contribution in [0.25, 0.3) is 0 Å². The normalized spacial score (nSPS) is 15.8.